The molecule has 0 bridgehead atoms. The maximum absolute atomic E-state index is 11.1. The van der Waals surface area contributed by atoms with E-state index in [0.717, 1.165) is 6.29 Å². The van der Waals surface area contributed by atoms with E-state index in [4.69, 9.17) is 5.11 Å². The highest BCUT2D eigenvalue weighted by molar-refractivity contribution is 5.73. The second-order valence-electron chi connectivity index (χ2n) is 6.01. The SMILES string of the molecule is CC(C)(C)N([C@H](C=O)CC(=O)O)C(C)(C)C. The van der Waals surface area contributed by atoms with Crippen LogP contribution < -0.4 is 0 Å². The van der Waals surface area contributed by atoms with Gasteiger partial charge in [0.05, 0.1) is 12.5 Å². The van der Waals surface area contributed by atoms with E-state index >= 15 is 0 Å². The van der Waals surface area contributed by atoms with Crippen LogP contribution in [-0.4, -0.2) is 39.4 Å². The zero-order valence-corrected chi connectivity index (χ0v) is 11.1. The number of carboxylic acids is 1. The fourth-order valence-corrected chi connectivity index (χ4v) is 2.38. The number of carbonyl (C=O) groups excluding carboxylic acids is 1. The molecule has 1 atom stereocenters. The minimum absolute atomic E-state index is 0.155. The van der Waals surface area contributed by atoms with Crippen molar-refractivity contribution in [3.05, 3.63) is 0 Å². The molecule has 0 aromatic heterocycles. The maximum Gasteiger partial charge on any atom is 0.305 e. The number of carbonyl (C=O) groups is 2. The van der Waals surface area contributed by atoms with Crippen LogP contribution >= 0.6 is 0 Å². The molecule has 4 heteroatoms. The van der Waals surface area contributed by atoms with Crippen LogP contribution in [0.25, 0.3) is 0 Å². The normalized spacial score (nSPS) is 14.9. The van der Waals surface area contributed by atoms with Crippen molar-refractivity contribution < 1.29 is 14.7 Å². The highest BCUT2D eigenvalue weighted by Gasteiger charge is 2.37. The highest BCUT2D eigenvalue weighted by Crippen LogP contribution is 2.28. The predicted octanol–water partition coefficient (Wildman–Crippen LogP) is 1.93. The summed E-state index contributed by atoms with van der Waals surface area (Å²) in [6.45, 7) is 11.9. The van der Waals surface area contributed by atoms with E-state index in [2.05, 4.69) is 0 Å². The van der Waals surface area contributed by atoms with E-state index in [0.29, 0.717) is 0 Å². The zero-order valence-electron chi connectivity index (χ0n) is 11.1. The number of hydrogen-bond donors (Lipinski definition) is 1. The summed E-state index contributed by atoms with van der Waals surface area (Å²) < 4.78 is 0. The molecule has 94 valence electrons. The number of aldehydes is 1. The van der Waals surface area contributed by atoms with Crippen molar-refractivity contribution >= 4 is 12.3 Å². The average Bonchev–Trinajstić information content (AvgIpc) is 1.96. The smallest absolute Gasteiger partial charge is 0.305 e. The van der Waals surface area contributed by atoms with Crippen LogP contribution in [0.2, 0.25) is 0 Å². The predicted molar refractivity (Wildman–Crippen MR) is 63.4 cm³/mol. The van der Waals surface area contributed by atoms with Gasteiger partial charge in [0.25, 0.3) is 0 Å². The molecule has 0 aliphatic carbocycles. The van der Waals surface area contributed by atoms with Crippen molar-refractivity contribution in [2.45, 2.75) is 65.1 Å². The molecular weight excluding hydrogens is 206 g/mol. The molecule has 0 saturated heterocycles. The fraction of sp³-hybridized carbons (Fsp3) is 0.833. The van der Waals surface area contributed by atoms with Crippen molar-refractivity contribution in [1.29, 1.82) is 0 Å². The summed E-state index contributed by atoms with van der Waals surface area (Å²) in [5, 5.41) is 8.81. The van der Waals surface area contributed by atoms with Crippen LogP contribution in [-0.2, 0) is 9.59 Å². The van der Waals surface area contributed by atoms with Gasteiger partial charge in [-0.1, -0.05) is 0 Å². The zero-order chi connectivity index (χ0) is 13.1. The summed E-state index contributed by atoms with van der Waals surface area (Å²) in [6, 6.07) is -0.586. The Kier molecular flexibility index (Phi) is 4.68. The molecule has 0 heterocycles. The first-order chi connectivity index (χ1) is 7.00. The van der Waals surface area contributed by atoms with Gasteiger partial charge in [0.2, 0.25) is 0 Å². The Morgan fingerprint density at radius 1 is 1.19 bits per heavy atom. The molecule has 0 saturated carbocycles. The average molecular weight is 229 g/mol. The van der Waals surface area contributed by atoms with E-state index in [1.54, 1.807) is 0 Å². The van der Waals surface area contributed by atoms with Gasteiger partial charge in [-0.15, -0.1) is 0 Å². The summed E-state index contributed by atoms with van der Waals surface area (Å²) in [5.74, 6) is -0.949. The third kappa shape index (κ3) is 4.31. The second-order valence-corrected chi connectivity index (χ2v) is 6.01. The van der Waals surface area contributed by atoms with Crippen LogP contribution in [0.4, 0.5) is 0 Å². The van der Waals surface area contributed by atoms with E-state index in [1.807, 2.05) is 46.4 Å². The Labute approximate surface area is 97.6 Å². The summed E-state index contributed by atoms with van der Waals surface area (Å²) in [4.78, 5) is 23.8. The van der Waals surface area contributed by atoms with Gasteiger partial charge in [-0.2, -0.15) is 0 Å². The van der Waals surface area contributed by atoms with Gasteiger partial charge in [0, 0.05) is 11.1 Å². The first-order valence-corrected chi connectivity index (χ1v) is 5.46. The van der Waals surface area contributed by atoms with Crippen LogP contribution in [0.3, 0.4) is 0 Å². The fourth-order valence-electron chi connectivity index (χ4n) is 2.38. The Hall–Kier alpha value is -0.900. The van der Waals surface area contributed by atoms with E-state index in [9.17, 15) is 9.59 Å². The summed E-state index contributed by atoms with van der Waals surface area (Å²) in [5.41, 5.74) is -0.501. The molecule has 0 aromatic rings. The van der Waals surface area contributed by atoms with Gasteiger partial charge < -0.3 is 9.90 Å². The maximum atomic E-state index is 11.1. The number of hydrogen-bond acceptors (Lipinski definition) is 3. The molecule has 0 fully saturated rings. The van der Waals surface area contributed by atoms with Gasteiger partial charge in [-0.25, -0.2) is 0 Å². The molecule has 0 aliphatic heterocycles. The van der Waals surface area contributed by atoms with Gasteiger partial charge in [-0.3, -0.25) is 9.69 Å². The monoisotopic (exact) mass is 229 g/mol. The number of aliphatic carboxylic acids is 1. The largest absolute Gasteiger partial charge is 0.481 e. The molecule has 0 radical (unpaired) electrons. The topological polar surface area (TPSA) is 57.6 Å². The lowest BCUT2D eigenvalue weighted by molar-refractivity contribution is -0.142. The molecule has 0 aliphatic rings. The molecule has 4 nitrogen and oxygen atoms in total. The Bertz CT molecular complexity index is 246. The van der Waals surface area contributed by atoms with Crippen molar-refractivity contribution in [2.75, 3.05) is 0 Å². The lowest BCUT2D eigenvalue weighted by Gasteiger charge is -2.48. The van der Waals surface area contributed by atoms with Gasteiger partial charge in [0.15, 0.2) is 0 Å². The molecule has 1 N–H and O–H groups in total. The second kappa shape index (κ2) is 4.95. The van der Waals surface area contributed by atoms with Crippen LogP contribution in [0.1, 0.15) is 48.0 Å². The van der Waals surface area contributed by atoms with E-state index < -0.39 is 12.0 Å². The standard InChI is InChI=1S/C12H23NO3/c1-11(2,3)13(12(4,5)6)9(8-14)7-10(15)16/h8-9H,7H2,1-6H3,(H,15,16)/t9-/m0/s1. The third-order valence-corrected chi connectivity index (χ3v) is 2.32. The number of carboxylic acid groups (broad SMARTS) is 1. The van der Waals surface area contributed by atoms with Crippen molar-refractivity contribution in [2.24, 2.45) is 0 Å². The van der Waals surface area contributed by atoms with E-state index in [-0.39, 0.29) is 17.5 Å². The molecular formula is C12H23NO3. The molecule has 0 rings (SSSR count). The van der Waals surface area contributed by atoms with E-state index in [1.165, 1.54) is 0 Å². The summed E-state index contributed by atoms with van der Waals surface area (Å²) in [6.07, 6.45) is 0.572. The number of nitrogens with zero attached hydrogens (tertiary/aromatic N) is 1. The van der Waals surface area contributed by atoms with Crippen LogP contribution in [0, 0.1) is 0 Å². The minimum atomic E-state index is -0.949. The Morgan fingerprint density at radius 3 is 1.75 bits per heavy atom. The lowest BCUT2D eigenvalue weighted by atomic mass is 9.92. The lowest BCUT2D eigenvalue weighted by Crippen LogP contribution is -2.58. The Morgan fingerprint density at radius 2 is 1.56 bits per heavy atom. The Balaban J connectivity index is 5.16. The molecule has 16 heavy (non-hydrogen) atoms. The first kappa shape index (κ1) is 15.1. The quantitative estimate of drug-likeness (QED) is 0.748. The first-order valence-electron chi connectivity index (χ1n) is 5.46. The van der Waals surface area contributed by atoms with Crippen molar-refractivity contribution in [3.8, 4) is 0 Å². The van der Waals surface area contributed by atoms with Crippen molar-refractivity contribution in [3.63, 3.8) is 0 Å². The molecule has 0 unspecified atom stereocenters. The summed E-state index contributed by atoms with van der Waals surface area (Å²) >= 11 is 0. The van der Waals surface area contributed by atoms with Crippen LogP contribution in [0.15, 0.2) is 0 Å². The van der Waals surface area contributed by atoms with Crippen LogP contribution in [0.5, 0.6) is 0 Å². The third-order valence-electron chi connectivity index (χ3n) is 2.32. The van der Waals surface area contributed by atoms with Gasteiger partial charge >= 0.3 is 5.97 Å². The van der Waals surface area contributed by atoms with Crippen molar-refractivity contribution in [1.82, 2.24) is 4.90 Å². The molecule has 0 amide bonds. The molecule has 0 aromatic carbocycles. The number of rotatable bonds is 4. The summed E-state index contributed by atoms with van der Waals surface area (Å²) in [7, 11) is 0. The van der Waals surface area contributed by atoms with Gasteiger partial charge in [0.1, 0.15) is 6.29 Å². The highest BCUT2D eigenvalue weighted by atomic mass is 16.4. The molecule has 0 spiro atoms. The van der Waals surface area contributed by atoms with Gasteiger partial charge in [-0.05, 0) is 41.5 Å². The minimum Gasteiger partial charge on any atom is -0.481 e.